The van der Waals surface area contributed by atoms with E-state index in [1.54, 1.807) is 24.3 Å². The number of carbonyl (C=O) groups is 1. The van der Waals surface area contributed by atoms with Crippen molar-refractivity contribution in [2.24, 2.45) is 20.5 Å². The van der Waals surface area contributed by atoms with Gasteiger partial charge in [-0.1, -0.05) is 48.5 Å². The number of anilines is 10. The highest BCUT2D eigenvalue weighted by atomic mass is 16.3. The SMILES string of the molecule is Cc1cccc(N=Nc2c(C)cc3cc(C)cc(Nc4nc(NCCO)nc(Nc5ccc(CC(=O)c6ccc(Nc7nc(NCCO)nc(Nc8cc(C)cc9cc(C)c(N=Nc%10cccc(C)c%10)c(O)c89)n7)cc6)cc5)n4)c3c2O)c1. The average molecular weight is 1110 g/mol. The molecule has 10 rings (SSSR count). The number of benzene rings is 8. The predicted octanol–water partition coefficient (Wildman–Crippen LogP) is 13.7. The Hall–Kier alpha value is -10.5. The van der Waals surface area contributed by atoms with Crippen LogP contribution in [0.3, 0.4) is 0 Å². The van der Waals surface area contributed by atoms with Gasteiger partial charge < -0.3 is 52.3 Å². The van der Waals surface area contributed by atoms with Crippen molar-refractivity contribution in [3.8, 4) is 11.5 Å². The number of carbonyl (C=O) groups excluding carboxylic acids is 1. The zero-order chi connectivity index (χ0) is 58.1. The third kappa shape index (κ3) is 13.6. The van der Waals surface area contributed by atoms with Crippen molar-refractivity contribution >= 4 is 109 Å². The van der Waals surface area contributed by atoms with Gasteiger partial charge in [0.2, 0.25) is 35.7 Å². The van der Waals surface area contributed by atoms with E-state index < -0.39 is 0 Å². The van der Waals surface area contributed by atoms with Crippen LogP contribution < -0.4 is 31.9 Å². The van der Waals surface area contributed by atoms with Crippen LogP contribution in [0.5, 0.6) is 11.5 Å². The molecule has 418 valence electrons. The molecule has 21 nitrogen and oxygen atoms in total. The number of aromatic hydroxyl groups is 2. The molecule has 0 saturated heterocycles. The monoisotopic (exact) mass is 1110 g/mol. The summed E-state index contributed by atoms with van der Waals surface area (Å²) in [6, 6.07) is 41.1. The number of hydrogen-bond acceptors (Lipinski definition) is 21. The second kappa shape index (κ2) is 24.9. The summed E-state index contributed by atoms with van der Waals surface area (Å²) >= 11 is 0. The van der Waals surface area contributed by atoms with Crippen molar-refractivity contribution in [1.29, 1.82) is 0 Å². The number of azo groups is 2. The smallest absolute Gasteiger partial charge is 0.233 e. The van der Waals surface area contributed by atoms with Crippen LogP contribution in [0.15, 0.2) is 154 Å². The number of phenols is 2. The number of rotatable bonds is 21. The lowest BCUT2D eigenvalue weighted by molar-refractivity contribution is 0.0993. The highest BCUT2D eigenvalue weighted by molar-refractivity contribution is 6.05. The quantitative estimate of drug-likeness (QED) is 0.0236. The van der Waals surface area contributed by atoms with E-state index in [1.165, 1.54) is 0 Å². The fraction of sp³-hybridized carbons (Fsp3) is 0.177. The van der Waals surface area contributed by atoms with E-state index in [0.29, 0.717) is 61.8 Å². The van der Waals surface area contributed by atoms with E-state index in [4.69, 9.17) is 0 Å². The molecule has 0 bridgehead atoms. The number of fused-ring (bicyclic) bond motifs is 2. The van der Waals surface area contributed by atoms with Crippen molar-refractivity contribution in [2.75, 3.05) is 58.2 Å². The zero-order valence-electron chi connectivity index (χ0n) is 46.4. The first-order valence-corrected chi connectivity index (χ1v) is 26.7. The van der Waals surface area contributed by atoms with Crippen LogP contribution in [-0.2, 0) is 6.42 Å². The Morgan fingerprint density at radius 3 is 1.28 bits per heavy atom. The molecule has 0 atom stereocenters. The molecule has 83 heavy (non-hydrogen) atoms. The first-order valence-electron chi connectivity index (χ1n) is 26.7. The van der Waals surface area contributed by atoms with E-state index in [2.05, 4.69) is 82.3 Å². The third-order valence-corrected chi connectivity index (χ3v) is 13.2. The number of aliphatic hydroxyl groups excluding tert-OH is 2. The lowest BCUT2D eigenvalue weighted by Gasteiger charge is -2.15. The molecule has 0 spiro atoms. The van der Waals surface area contributed by atoms with E-state index in [-0.39, 0.29) is 85.7 Å². The van der Waals surface area contributed by atoms with Crippen molar-refractivity contribution in [2.45, 2.75) is 48.0 Å². The van der Waals surface area contributed by atoms with Gasteiger partial charge in [-0.3, -0.25) is 4.79 Å². The van der Waals surface area contributed by atoms with Gasteiger partial charge in [0.15, 0.2) is 17.3 Å². The summed E-state index contributed by atoms with van der Waals surface area (Å²) in [5, 5.41) is 82.0. The van der Waals surface area contributed by atoms with Crippen LogP contribution in [0, 0.1) is 41.5 Å². The predicted molar refractivity (Wildman–Crippen MR) is 326 cm³/mol. The van der Waals surface area contributed by atoms with E-state index in [0.717, 1.165) is 49.7 Å². The molecule has 0 radical (unpaired) electrons. The number of aryl methyl sites for hydroxylation is 6. The number of Topliss-reactive ketones (excluding diaryl/α,β-unsaturated/α-hetero) is 1. The van der Waals surface area contributed by atoms with Gasteiger partial charge in [-0.25, -0.2) is 0 Å². The van der Waals surface area contributed by atoms with Crippen LogP contribution in [0.2, 0.25) is 0 Å². The second-order valence-corrected chi connectivity index (χ2v) is 20.0. The minimum atomic E-state index is -0.164. The summed E-state index contributed by atoms with van der Waals surface area (Å²) in [5.74, 6) is 0.830. The largest absolute Gasteiger partial charge is 0.505 e. The minimum absolute atomic E-state index is 0.0544. The van der Waals surface area contributed by atoms with Gasteiger partial charge in [0.05, 0.1) is 36.0 Å². The Kier molecular flexibility index (Phi) is 16.7. The number of aliphatic hydroxyl groups is 2. The fourth-order valence-electron chi connectivity index (χ4n) is 9.35. The molecule has 0 aliphatic rings. The lowest BCUT2D eigenvalue weighted by Crippen LogP contribution is -2.12. The highest BCUT2D eigenvalue weighted by Gasteiger charge is 2.20. The Labute approximate surface area is 477 Å². The minimum Gasteiger partial charge on any atom is -0.505 e. The normalized spacial score (nSPS) is 11.4. The number of ketones is 1. The van der Waals surface area contributed by atoms with E-state index in [9.17, 15) is 25.2 Å². The van der Waals surface area contributed by atoms with E-state index >= 15 is 0 Å². The molecule has 0 aliphatic heterocycles. The van der Waals surface area contributed by atoms with Gasteiger partial charge >= 0.3 is 0 Å². The lowest BCUT2D eigenvalue weighted by atomic mass is 10.0. The van der Waals surface area contributed by atoms with Crippen molar-refractivity contribution < 1.29 is 25.2 Å². The van der Waals surface area contributed by atoms with Crippen LogP contribution in [0.4, 0.5) is 81.2 Å². The molecule has 21 heteroatoms. The first kappa shape index (κ1) is 55.8. The van der Waals surface area contributed by atoms with Gasteiger partial charge in [-0.2, -0.15) is 40.1 Å². The van der Waals surface area contributed by atoms with Gasteiger partial charge in [0.1, 0.15) is 11.4 Å². The molecular weight excluding hydrogens is 1050 g/mol. The number of hydrogen-bond donors (Lipinski definition) is 10. The fourth-order valence-corrected chi connectivity index (χ4v) is 9.35. The van der Waals surface area contributed by atoms with Gasteiger partial charge in [-0.05, 0) is 176 Å². The third-order valence-electron chi connectivity index (χ3n) is 13.2. The average Bonchev–Trinajstić information content (AvgIpc) is 3.33. The maximum absolute atomic E-state index is 13.7. The van der Waals surface area contributed by atoms with Gasteiger partial charge in [-0.15, -0.1) is 10.2 Å². The molecule has 0 saturated carbocycles. The molecule has 2 heterocycles. The van der Waals surface area contributed by atoms with Gasteiger partial charge in [0.25, 0.3) is 0 Å². The standard InChI is InChI=1S/C62H60N16O5/c1-34-9-7-11-46(27-34)75-77-53-38(5)31-42-25-36(3)29-48(51(42)55(53)82)67-61-71-57(63-21-23-79)69-59(73-61)65-44-17-13-40(14-18-44)33-50(81)41-15-19-45(20-16-41)66-60-70-58(64-22-24-80)72-62(74-60)68-49-30-37(4)26-43-32-39(6)54(56(83)52(43)49)78-76-47-12-8-10-35(2)28-47/h7-20,25-32,79-80,82-83H,21-24,33H2,1-6H3,(H3,63,65,67,69,71,73)(H3,64,66,68,70,72,74). The molecule has 10 N–H and O–H groups in total. The summed E-state index contributed by atoms with van der Waals surface area (Å²) in [7, 11) is 0. The molecule has 10 aromatic rings. The highest BCUT2D eigenvalue weighted by Crippen LogP contribution is 2.45. The number of aromatic nitrogens is 6. The molecule has 0 fully saturated rings. The molecule has 8 aromatic carbocycles. The van der Waals surface area contributed by atoms with Crippen LogP contribution in [0.25, 0.3) is 21.5 Å². The van der Waals surface area contributed by atoms with E-state index in [1.807, 2.05) is 151 Å². The molecule has 0 aliphatic carbocycles. The summed E-state index contributed by atoms with van der Waals surface area (Å²) in [5.41, 5.74) is 10.9. The number of phenolic OH excluding ortho intramolecular Hbond substituents is 2. The first-order chi connectivity index (χ1) is 40.1. The van der Waals surface area contributed by atoms with Crippen molar-refractivity contribution in [1.82, 2.24) is 29.9 Å². The summed E-state index contributed by atoms with van der Waals surface area (Å²) in [4.78, 5) is 41.2. The van der Waals surface area contributed by atoms with Crippen LogP contribution in [-0.4, -0.2) is 82.4 Å². The number of nitrogens with one attached hydrogen (secondary N) is 6. The Bertz CT molecular complexity index is 4120. The second-order valence-electron chi connectivity index (χ2n) is 20.0. The maximum atomic E-state index is 13.7. The van der Waals surface area contributed by atoms with Crippen molar-refractivity contribution in [3.63, 3.8) is 0 Å². The van der Waals surface area contributed by atoms with Gasteiger partial charge in [0, 0.05) is 47.2 Å². The van der Waals surface area contributed by atoms with Crippen molar-refractivity contribution in [3.05, 3.63) is 178 Å². The molecule has 2 aromatic heterocycles. The molecule has 0 unspecified atom stereocenters. The zero-order valence-corrected chi connectivity index (χ0v) is 46.4. The summed E-state index contributed by atoms with van der Waals surface area (Å²) in [6.07, 6.45) is 0.121. The van der Waals surface area contributed by atoms with Crippen LogP contribution >= 0.6 is 0 Å². The topological polar surface area (TPSA) is 297 Å². The Balaban J connectivity index is 0.825. The molecule has 0 amide bonds. The Morgan fingerprint density at radius 2 is 0.855 bits per heavy atom. The maximum Gasteiger partial charge on any atom is 0.233 e. The van der Waals surface area contributed by atoms with Crippen LogP contribution in [0.1, 0.15) is 49.3 Å². The molecular formula is C62H60N16O5. The Morgan fingerprint density at radius 1 is 0.446 bits per heavy atom. The number of nitrogens with zero attached hydrogens (tertiary/aromatic N) is 10. The summed E-state index contributed by atoms with van der Waals surface area (Å²) in [6.45, 7) is 11.6. The summed E-state index contributed by atoms with van der Waals surface area (Å²) < 4.78 is 0.